The van der Waals surface area contributed by atoms with Crippen molar-refractivity contribution in [3.05, 3.63) is 83.2 Å². The maximum Gasteiger partial charge on any atom is 0.416 e. The summed E-state index contributed by atoms with van der Waals surface area (Å²) in [6, 6.07) is 11.6. The number of rotatable bonds is 7. The lowest BCUT2D eigenvalue weighted by molar-refractivity contribution is -0.137. The van der Waals surface area contributed by atoms with Crippen molar-refractivity contribution < 1.29 is 22.7 Å². The fraction of sp³-hybridized carbons (Fsp3) is 0.250. The van der Waals surface area contributed by atoms with E-state index in [-0.39, 0.29) is 5.56 Å². The molecule has 0 unspecified atom stereocenters. The van der Waals surface area contributed by atoms with Gasteiger partial charge in [-0.15, -0.1) is 0 Å². The number of alkyl halides is 3. The predicted molar refractivity (Wildman–Crippen MR) is 120 cm³/mol. The first kappa shape index (κ1) is 22.8. The van der Waals surface area contributed by atoms with E-state index in [2.05, 4.69) is 15.3 Å². The van der Waals surface area contributed by atoms with Crippen LogP contribution in [0, 0.1) is 0 Å². The van der Waals surface area contributed by atoms with E-state index in [9.17, 15) is 18.0 Å². The number of allylic oxidation sites excluding steroid dienone is 1. The Kier molecular flexibility index (Phi) is 6.62. The van der Waals surface area contributed by atoms with E-state index in [0.29, 0.717) is 12.3 Å². The Morgan fingerprint density at radius 1 is 1.18 bits per heavy atom. The molecule has 0 saturated heterocycles. The Hall–Kier alpha value is -3.43. The molecule has 0 aromatic heterocycles. The molecule has 0 bridgehead atoms. The number of nitrogens with one attached hydrogen (secondary N) is 1. The highest BCUT2D eigenvalue weighted by Crippen LogP contribution is 2.33. The second-order valence-electron chi connectivity index (χ2n) is 7.58. The number of halogens is 3. The van der Waals surface area contributed by atoms with Crippen LogP contribution in [0.5, 0.6) is 0 Å². The van der Waals surface area contributed by atoms with Gasteiger partial charge in [-0.25, -0.2) is 10.0 Å². The van der Waals surface area contributed by atoms with Gasteiger partial charge in [0.05, 0.1) is 11.3 Å². The number of fused-ring (bicyclic) bond motifs is 1. The van der Waals surface area contributed by atoms with Gasteiger partial charge in [-0.1, -0.05) is 18.2 Å². The van der Waals surface area contributed by atoms with Gasteiger partial charge >= 0.3 is 6.18 Å². The standard InChI is InChI=1S/C24H23F3N4O2/c1-33-14-4-12-30-13-10-22-28-11-9-21(31(22)30)17-5-3-8-20(16-17)29-23(32)18-6-2-7-19(15-18)24(25,26)27/h2-3,5-11,15-16H,4,12-14H2,1H3,(H,29,32). The first-order chi connectivity index (χ1) is 15.9. The Labute approximate surface area is 189 Å². The highest BCUT2D eigenvalue weighted by atomic mass is 19.4. The smallest absolute Gasteiger partial charge is 0.385 e. The molecule has 2 aromatic rings. The van der Waals surface area contributed by atoms with E-state index in [4.69, 9.17) is 4.74 Å². The third-order valence-corrected chi connectivity index (χ3v) is 5.28. The van der Waals surface area contributed by atoms with E-state index in [1.54, 1.807) is 31.5 Å². The van der Waals surface area contributed by atoms with Gasteiger partial charge in [0.2, 0.25) is 0 Å². The number of anilines is 1. The molecular weight excluding hydrogens is 433 g/mol. The van der Waals surface area contributed by atoms with Crippen molar-refractivity contribution in [2.24, 2.45) is 4.99 Å². The van der Waals surface area contributed by atoms with Crippen molar-refractivity contribution in [2.75, 3.05) is 32.1 Å². The lowest BCUT2D eigenvalue weighted by atomic mass is 10.1. The van der Waals surface area contributed by atoms with Crippen LogP contribution in [0.25, 0.3) is 5.70 Å². The van der Waals surface area contributed by atoms with E-state index >= 15 is 0 Å². The first-order valence-corrected chi connectivity index (χ1v) is 10.4. The van der Waals surface area contributed by atoms with Crippen LogP contribution in [-0.4, -0.2) is 48.9 Å². The SMILES string of the molecule is COCCCN1CC=C2N=CC=C(c3cccc(NC(=O)c4cccc(C(F)(F)F)c4)c3)N21. The molecule has 9 heteroatoms. The zero-order valence-corrected chi connectivity index (χ0v) is 18.0. The second kappa shape index (κ2) is 9.60. The minimum absolute atomic E-state index is 0.0617. The van der Waals surface area contributed by atoms with Gasteiger partial charge in [0.25, 0.3) is 5.91 Å². The number of amides is 1. The Morgan fingerprint density at radius 2 is 2.00 bits per heavy atom. The monoisotopic (exact) mass is 456 g/mol. The summed E-state index contributed by atoms with van der Waals surface area (Å²) < 4.78 is 44.1. The summed E-state index contributed by atoms with van der Waals surface area (Å²) in [6.45, 7) is 2.16. The summed E-state index contributed by atoms with van der Waals surface area (Å²) in [6.07, 6.45) is 2.00. The maximum atomic E-state index is 13.0. The number of benzene rings is 2. The quantitative estimate of drug-likeness (QED) is 0.609. The lowest BCUT2D eigenvalue weighted by Crippen LogP contribution is -2.38. The summed E-state index contributed by atoms with van der Waals surface area (Å²) >= 11 is 0. The van der Waals surface area contributed by atoms with E-state index in [1.807, 2.05) is 23.2 Å². The molecule has 0 spiro atoms. The van der Waals surface area contributed by atoms with E-state index in [0.717, 1.165) is 48.7 Å². The van der Waals surface area contributed by atoms with Gasteiger partial charge in [0.1, 0.15) is 5.82 Å². The zero-order chi connectivity index (χ0) is 23.4. The molecule has 6 nitrogen and oxygen atoms in total. The molecule has 0 fully saturated rings. The van der Waals surface area contributed by atoms with Crippen LogP contribution >= 0.6 is 0 Å². The lowest BCUT2D eigenvalue weighted by Gasteiger charge is -2.34. The third kappa shape index (κ3) is 5.15. The molecule has 0 saturated carbocycles. The summed E-state index contributed by atoms with van der Waals surface area (Å²) in [5.74, 6) is 0.212. The molecule has 2 heterocycles. The van der Waals surface area contributed by atoms with Gasteiger partial charge in [-0.3, -0.25) is 9.80 Å². The van der Waals surface area contributed by atoms with Crippen molar-refractivity contribution in [3.63, 3.8) is 0 Å². The Morgan fingerprint density at radius 3 is 2.79 bits per heavy atom. The number of hydrazine groups is 1. The third-order valence-electron chi connectivity index (χ3n) is 5.28. The molecule has 33 heavy (non-hydrogen) atoms. The summed E-state index contributed by atoms with van der Waals surface area (Å²) in [5, 5.41) is 6.89. The predicted octanol–water partition coefficient (Wildman–Crippen LogP) is 4.79. The highest BCUT2D eigenvalue weighted by Gasteiger charge is 2.31. The molecule has 2 aliphatic rings. The van der Waals surface area contributed by atoms with Crippen LogP contribution in [0.2, 0.25) is 0 Å². The molecule has 0 aliphatic carbocycles. The van der Waals surface area contributed by atoms with Gasteiger partial charge in [0, 0.05) is 49.8 Å². The average molecular weight is 456 g/mol. The molecule has 4 rings (SSSR count). The zero-order valence-electron chi connectivity index (χ0n) is 18.0. The van der Waals surface area contributed by atoms with Crippen molar-refractivity contribution in [3.8, 4) is 0 Å². The number of hydrogen-bond acceptors (Lipinski definition) is 5. The van der Waals surface area contributed by atoms with Crippen molar-refractivity contribution >= 4 is 23.5 Å². The maximum absolute atomic E-state index is 13.0. The van der Waals surface area contributed by atoms with Crippen LogP contribution in [0.3, 0.4) is 0 Å². The molecule has 2 aliphatic heterocycles. The van der Waals surface area contributed by atoms with Gasteiger partial charge in [-0.05, 0) is 48.9 Å². The minimum atomic E-state index is -4.51. The molecule has 2 aromatic carbocycles. The van der Waals surface area contributed by atoms with Crippen LogP contribution in [0.1, 0.15) is 27.9 Å². The fourth-order valence-electron chi connectivity index (χ4n) is 3.74. The second-order valence-corrected chi connectivity index (χ2v) is 7.58. The number of carbonyl (C=O) groups excluding carboxylic acids is 1. The normalized spacial score (nSPS) is 15.8. The van der Waals surface area contributed by atoms with Gasteiger partial charge in [-0.2, -0.15) is 13.2 Å². The molecular formula is C24H23F3N4O2. The van der Waals surface area contributed by atoms with Crippen molar-refractivity contribution in [1.82, 2.24) is 10.0 Å². The number of nitrogens with zero attached hydrogens (tertiary/aromatic N) is 3. The average Bonchev–Trinajstić information content (AvgIpc) is 3.22. The van der Waals surface area contributed by atoms with Crippen molar-refractivity contribution in [1.29, 1.82) is 0 Å². The van der Waals surface area contributed by atoms with E-state index < -0.39 is 17.6 Å². The van der Waals surface area contributed by atoms with E-state index in [1.165, 1.54) is 12.1 Å². The van der Waals surface area contributed by atoms with Crippen LogP contribution in [0.15, 0.2) is 71.5 Å². The van der Waals surface area contributed by atoms with Crippen LogP contribution in [-0.2, 0) is 10.9 Å². The van der Waals surface area contributed by atoms with Gasteiger partial charge in [0.15, 0.2) is 0 Å². The molecule has 0 atom stereocenters. The summed E-state index contributed by atoms with van der Waals surface area (Å²) in [5.41, 5.74) is 1.29. The molecule has 0 radical (unpaired) electrons. The summed E-state index contributed by atoms with van der Waals surface area (Å²) in [4.78, 5) is 17.0. The molecule has 172 valence electrons. The number of ether oxygens (including phenoxy) is 1. The van der Waals surface area contributed by atoms with Crippen LogP contribution < -0.4 is 5.32 Å². The van der Waals surface area contributed by atoms with Gasteiger partial charge < -0.3 is 10.1 Å². The number of aliphatic imine (C=N–C) groups is 1. The molecule has 1 amide bonds. The topological polar surface area (TPSA) is 57.2 Å². The Bertz CT molecular complexity index is 1120. The largest absolute Gasteiger partial charge is 0.416 e. The number of carbonyl (C=O) groups is 1. The number of hydrogen-bond donors (Lipinski definition) is 1. The Balaban J connectivity index is 1.53. The summed E-state index contributed by atoms with van der Waals surface area (Å²) in [7, 11) is 1.67. The first-order valence-electron chi connectivity index (χ1n) is 10.4. The minimum Gasteiger partial charge on any atom is -0.385 e. The molecule has 1 N–H and O–H groups in total. The fourth-order valence-corrected chi connectivity index (χ4v) is 3.74. The highest BCUT2D eigenvalue weighted by molar-refractivity contribution is 6.04. The number of methoxy groups -OCH3 is 1. The van der Waals surface area contributed by atoms with Crippen LogP contribution in [0.4, 0.5) is 18.9 Å². The van der Waals surface area contributed by atoms with Crippen molar-refractivity contribution in [2.45, 2.75) is 12.6 Å².